The average Bonchev–Trinajstić information content (AvgIpc) is 3.36. The largest absolute Gasteiger partial charge is 0.491 e. The highest BCUT2D eigenvalue weighted by atomic mass is 19.1. The molecule has 11 nitrogen and oxygen atoms in total. The molecule has 4 rings (SSSR count). The Bertz CT molecular complexity index is 1360. The Labute approximate surface area is 219 Å². The molecule has 2 aromatic carbocycles. The van der Waals surface area contributed by atoms with Crippen molar-refractivity contribution in [2.75, 3.05) is 44.2 Å². The summed E-state index contributed by atoms with van der Waals surface area (Å²) in [6, 6.07) is 9.94. The van der Waals surface area contributed by atoms with Crippen LogP contribution >= 0.6 is 0 Å². The number of anilines is 3. The zero-order chi connectivity index (χ0) is 26.9. The van der Waals surface area contributed by atoms with Gasteiger partial charge in [0.05, 0.1) is 36.4 Å². The SMILES string of the molecule is COCCOCCOc1cc(F)c2c(Nc3ccc(NC(=O)Cn4cc(C(C)C)nn4)cc3)ncnc2c1. The molecule has 0 spiro atoms. The van der Waals surface area contributed by atoms with Crippen LogP contribution in [0.4, 0.5) is 21.6 Å². The third-order valence-corrected chi connectivity index (χ3v) is 5.48. The fraction of sp³-hybridized carbons (Fsp3) is 0.346. The number of carbonyl (C=O) groups excluding carboxylic acids is 1. The average molecular weight is 524 g/mol. The molecule has 1 amide bonds. The van der Waals surface area contributed by atoms with Crippen LogP contribution in [0.2, 0.25) is 0 Å². The van der Waals surface area contributed by atoms with E-state index in [9.17, 15) is 4.79 Å². The molecule has 0 fully saturated rings. The maximum atomic E-state index is 15.0. The third kappa shape index (κ3) is 7.20. The van der Waals surface area contributed by atoms with Crippen LogP contribution in [0.1, 0.15) is 25.5 Å². The van der Waals surface area contributed by atoms with Gasteiger partial charge < -0.3 is 24.8 Å². The van der Waals surface area contributed by atoms with E-state index in [1.165, 1.54) is 17.1 Å². The lowest BCUT2D eigenvalue weighted by Crippen LogP contribution is -2.19. The van der Waals surface area contributed by atoms with Gasteiger partial charge in [0, 0.05) is 36.8 Å². The maximum absolute atomic E-state index is 15.0. The number of aromatic nitrogens is 5. The van der Waals surface area contributed by atoms with Crippen LogP contribution in [0.3, 0.4) is 0 Å². The summed E-state index contributed by atoms with van der Waals surface area (Å²) in [5, 5.41) is 14.2. The summed E-state index contributed by atoms with van der Waals surface area (Å²) < 4.78 is 32.4. The second-order valence-corrected chi connectivity index (χ2v) is 8.72. The van der Waals surface area contributed by atoms with Gasteiger partial charge in [-0.3, -0.25) is 4.79 Å². The topological polar surface area (TPSA) is 125 Å². The summed E-state index contributed by atoms with van der Waals surface area (Å²) >= 11 is 0. The van der Waals surface area contributed by atoms with E-state index in [1.54, 1.807) is 43.6 Å². The Morgan fingerprint density at radius 3 is 2.55 bits per heavy atom. The van der Waals surface area contributed by atoms with Gasteiger partial charge in [-0.25, -0.2) is 19.0 Å². The highest BCUT2D eigenvalue weighted by Gasteiger charge is 2.13. The van der Waals surface area contributed by atoms with E-state index in [0.717, 1.165) is 5.69 Å². The molecule has 2 heterocycles. The number of hydrogen-bond acceptors (Lipinski definition) is 9. The van der Waals surface area contributed by atoms with Crippen molar-refractivity contribution in [1.82, 2.24) is 25.0 Å². The molecule has 2 N–H and O–H groups in total. The first-order chi connectivity index (χ1) is 18.4. The summed E-state index contributed by atoms with van der Waals surface area (Å²) in [7, 11) is 1.60. The Hall–Kier alpha value is -4.16. The number of carbonyl (C=O) groups is 1. The highest BCUT2D eigenvalue weighted by molar-refractivity contribution is 5.93. The molecule has 12 heteroatoms. The number of nitrogens with one attached hydrogen (secondary N) is 2. The number of nitrogens with zero attached hydrogens (tertiary/aromatic N) is 5. The number of fused-ring (bicyclic) bond motifs is 1. The molecule has 0 aliphatic carbocycles. The lowest BCUT2D eigenvalue weighted by molar-refractivity contribution is -0.116. The first kappa shape index (κ1) is 26.9. The molecule has 2 aromatic heterocycles. The smallest absolute Gasteiger partial charge is 0.246 e. The summed E-state index contributed by atoms with van der Waals surface area (Å²) in [6.07, 6.45) is 3.11. The quantitative estimate of drug-likeness (QED) is 0.251. The van der Waals surface area contributed by atoms with Gasteiger partial charge in [-0.1, -0.05) is 19.1 Å². The van der Waals surface area contributed by atoms with Crippen molar-refractivity contribution in [1.29, 1.82) is 0 Å². The fourth-order valence-corrected chi connectivity index (χ4v) is 3.53. The summed E-state index contributed by atoms with van der Waals surface area (Å²) in [5.74, 6) is 0.152. The zero-order valence-corrected chi connectivity index (χ0v) is 21.5. The van der Waals surface area contributed by atoms with E-state index in [2.05, 4.69) is 30.9 Å². The van der Waals surface area contributed by atoms with Gasteiger partial charge in [-0.2, -0.15) is 0 Å². The van der Waals surface area contributed by atoms with Gasteiger partial charge in [0.2, 0.25) is 5.91 Å². The predicted octanol–water partition coefficient (Wildman–Crippen LogP) is 3.91. The number of halogens is 1. The molecule has 4 aromatic rings. The van der Waals surface area contributed by atoms with Crippen LogP contribution in [0.15, 0.2) is 48.9 Å². The monoisotopic (exact) mass is 523 g/mol. The van der Waals surface area contributed by atoms with Crippen molar-refractivity contribution in [2.45, 2.75) is 26.3 Å². The molecule has 0 aliphatic rings. The van der Waals surface area contributed by atoms with Gasteiger partial charge in [-0.05, 0) is 30.2 Å². The second kappa shape index (κ2) is 12.9. The summed E-state index contributed by atoms with van der Waals surface area (Å²) in [5.41, 5.74) is 2.50. The van der Waals surface area contributed by atoms with Crippen molar-refractivity contribution in [3.8, 4) is 5.75 Å². The minimum atomic E-state index is -0.515. The van der Waals surface area contributed by atoms with Gasteiger partial charge in [0.1, 0.15) is 36.9 Å². The Kier molecular flexibility index (Phi) is 9.11. The number of ether oxygens (including phenoxy) is 3. The number of rotatable bonds is 13. The number of hydrogen-bond donors (Lipinski definition) is 2. The van der Waals surface area contributed by atoms with E-state index in [1.807, 2.05) is 13.8 Å². The minimum Gasteiger partial charge on any atom is -0.491 e. The van der Waals surface area contributed by atoms with Crippen LogP contribution in [0.25, 0.3) is 10.9 Å². The molecule has 0 radical (unpaired) electrons. The second-order valence-electron chi connectivity index (χ2n) is 8.72. The number of benzene rings is 2. The molecule has 0 atom stereocenters. The van der Waals surface area contributed by atoms with Crippen LogP contribution in [-0.4, -0.2) is 64.4 Å². The Balaban J connectivity index is 1.36. The molecular weight excluding hydrogens is 493 g/mol. The normalized spacial score (nSPS) is 11.2. The molecule has 0 unspecified atom stereocenters. The van der Waals surface area contributed by atoms with Crippen LogP contribution in [0.5, 0.6) is 5.75 Å². The van der Waals surface area contributed by atoms with Gasteiger partial charge in [-0.15, -0.1) is 5.10 Å². The molecule has 38 heavy (non-hydrogen) atoms. The molecule has 0 saturated heterocycles. The zero-order valence-electron chi connectivity index (χ0n) is 21.5. The van der Waals surface area contributed by atoms with Gasteiger partial charge >= 0.3 is 0 Å². The predicted molar refractivity (Wildman–Crippen MR) is 140 cm³/mol. The molecule has 0 aliphatic heterocycles. The van der Waals surface area contributed by atoms with Crippen molar-refractivity contribution < 1.29 is 23.4 Å². The van der Waals surface area contributed by atoms with E-state index < -0.39 is 5.82 Å². The van der Waals surface area contributed by atoms with Crippen LogP contribution in [-0.2, 0) is 20.8 Å². The summed E-state index contributed by atoms with van der Waals surface area (Å²) in [6.45, 7) is 5.66. The first-order valence-corrected chi connectivity index (χ1v) is 12.1. The van der Waals surface area contributed by atoms with Crippen LogP contribution in [0, 0.1) is 5.82 Å². The van der Waals surface area contributed by atoms with E-state index in [-0.39, 0.29) is 30.4 Å². The van der Waals surface area contributed by atoms with Crippen molar-refractivity contribution in [3.05, 3.63) is 60.4 Å². The molecule has 0 saturated carbocycles. The number of amides is 1. The standard InChI is InChI=1S/C26H30FN7O4/c1-17(2)23-14-34(33-32-23)15-24(35)30-18-4-6-19(7-5-18)31-26-25-21(27)12-20(13-22(25)28-16-29-26)38-11-10-37-9-8-36-3/h4-7,12-14,16-17H,8-11,15H2,1-3H3,(H,30,35)(H,28,29,31). The highest BCUT2D eigenvalue weighted by Crippen LogP contribution is 2.29. The van der Waals surface area contributed by atoms with E-state index >= 15 is 4.39 Å². The molecular formula is C26H30FN7O4. The Morgan fingerprint density at radius 2 is 1.82 bits per heavy atom. The van der Waals surface area contributed by atoms with Crippen molar-refractivity contribution in [3.63, 3.8) is 0 Å². The van der Waals surface area contributed by atoms with Gasteiger partial charge in [0.15, 0.2) is 0 Å². The fourth-order valence-electron chi connectivity index (χ4n) is 3.53. The van der Waals surface area contributed by atoms with Crippen molar-refractivity contribution in [2.24, 2.45) is 0 Å². The van der Waals surface area contributed by atoms with Gasteiger partial charge in [0.25, 0.3) is 0 Å². The summed E-state index contributed by atoms with van der Waals surface area (Å²) in [4.78, 5) is 20.8. The lowest BCUT2D eigenvalue weighted by Gasteiger charge is -2.12. The van der Waals surface area contributed by atoms with Crippen LogP contribution < -0.4 is 15.4 Å². The molecule has 0 bridgehead atoms. The first-order valence-electron chi connectivity index (χ1n) is 12.1. The third-order valence-electron chi connectivity index (χ3n) is 5.48. The minimum absolute atomic E-state index is 0.0540. The maximum Gasteiger partial charge on any atom is 0.246 e. The van der Waals surface area contributed by atoms with E-state index in [0.29, 0.717) is 48.3 Å². The Morgan fingerprint density at radius 1 is 1.05 bits per heavy atom. The van der Waals surface area contributed by atoms with Crippen molar-refractivity contribution >= 4 is 34.0 Å². The molecule has 200 valence electrons. The lowest BCUT2D eigenvalue weighted by atomic mass is 10.2. The van der Waals surface area contributed by atoms with E-state index in [4.69, 9.17) is 14.2 Å². The number of methoxy groups -OCH3 is 1.